The highest BCUT2D eigenvalue weighted by atomic mass is 32.2. The molecule has 0 aliphatic carbocycles. The Balaban J connectivity index is 2.65. The first-order valence-corrected chi connectivity index (χ1v) is 8.46. The normalized spacial score (nSPS) is 13.7. The highest BCUT2D eigenvalue weighted by Gasteiger charge is 2.72. The van der Waals surface area contributed by atoms with Crippen molar-refractivity contribution in [3.63, 3.8) is 0 Å². The quantitative estimate of drug-likeness (QED) is 0.665. The lowest BCUT2D eigenvalue weighted by molar-refractivity contribution is -0.377. The van der Waals surface area contributed by atoms with Crippen LogP contribution in [-0.2, 0) is 11.2 Å². The predicted molar refractivity (Wildman–Crippen MR) is 88.3 cm³/mol. The predicted octanol–water partition coefficient (Wildman–Crippen LogP) is 5.38. The smallest absolute Gasteiger partial charge is 0.386 e. The van der Waals surface area contributed by atoms with E-state index in [-0.39, 0.29) is 4.90 Å². The molecule has 0 bridgehead atoms. The maximum atomic E-state index is 13.3. The van der Waals surface area contributed by atoms with Crippen LogP contribution in [0.3, 0.4) is 0 Å². The third kappa shape index (κ3) is 4.09. The fourth-order valence-electron chi connectivity index (χ4n) is 2.50. The van der Waals surface area contributed by atoms with Crippen molar-refractivity contribution in [2.75, 3.05) is 0 Å². The van der Waals surface area contributed by atoms with Crippen LogP contribution in [0, 0.1) is 0 Å². The first-order valence-electron chi connectivity index (χ1n) is 7.64. The average Bonchev–Trinajstić information content (AvgIpc) is 2.52. The third-order valence-corrected chi connectivity index (χ3v) is 5.02. The molecule has 2 N–H and O–H groups in total. The topological polar surface area (TPSA) is 40.5 Å². The second-order valence-corrected chi connectivity index (χ2v) is 7.44. The lowest BCUT2D eigenvalue weighted by Crippen LogP contribution is -2.54. The van der Waals surface area contributed by atoms with E-state index in [0.717, 1.165) is 12.1 Å². The molecule has 0 aromatic heterocycles. The zero-order chi connectivity index (χ0) is 20.7. The molecule has 0 unspecified atom stereocenters. The van der Waals surface area contributed by atoms with E-state index in [0.29, 0.717) is 23.4 Å². The molecule has 148 valence electrons. The molecule has 0 spiro atoms. The number of hydrogen-bond acceptors (Lipinski definition) is 3. The first-order chi connectivity index (χ1) is 12.2. The maximum absolute atomic E-state index is 13.3. The highest BCUT2D eigenvalue weighted by Crippen LogP contribution is 2.53. The minimum atomic E-state index is -5.97. The van der Waals surface area contributed by atoms with E-state index in [9.17, 15) is 36.6 Å². The van der Waals surface area contributed by atoms with Crippen LogP contribution in [0.5, 0.6) is 0 Å². The van der Waals surface area contributed by atoms with Gasteiger partial charge in [0.05, 0.1) is 5.60 Å². The van der Waals surface area contributed by atoms with Gasteiger partial charge in [-0.1, -0.05) is 48.2 Å². The molecule has 0 radical (unpaired) electrons. The molecule has 9 heteroatoms. The Bertz CT molecular complexity index is 794. The molecular formula is C18H16F6O2S. The molecule has 0 aliphatic rings. The van der Waals surface area contributed by atoms with Gasteiger partial charge in [0.2, 0.25) is 0 Å². The monoisotopic (exact) mass is 410 g/mol. The third-order valence-electron chi connectivity index (χ3n) is 3.86. The summed E-state index contributed by atoms with van der Waals surface area (Å²) in [5.41, 5.74) is -7.39. The van der Waals surface area contributed by atoms with E-state index in [4.69, 9.17) is 0 Å². The van der Waals surface area contributed by atoms with Gasteiger partial charge in [0.15, 0.2) is 0 Å². The Morgan fingerprint density at radius 1 is 0.667 bits per heavy atom. The van der Waals surface area contributed by atoms with Crippen LogP contribution in [0.4, 0.5) is 26.3 Å². The summed E-state index contributed by atoms with van der Waals surface area (Å²) in [7, 11) is 0. The van der Waals surface area contributed by atoms with Gasteiger partial charge >= 0.3 is 12.4 Å². The van der Waals surface area contributed by atoms with Crippen molar-refractivity contribution in [2.24, 2.45) is 0 Å². The van der Waals surface area contributed by atoms with Gasteiger partial charge in [-0.2, -0.15) is 26.3 Å². The van der Waals surface area contributed by atoms with Crippen LogP contribution in [0.1, 0.15) is 25.0 Å². The van der Waals surface area contributed by atoms with Crippen molar-refractivity contribution < 1.29 is 36.6 Å². The Labute approximate surface area is 155 Å². The number of rotatable bonds is 4. The summed E-state index contributed by atoms with van der Waals surface area (Å²) in [5.74, 6) is 0. The number of alkyl halides is 6. The summed E-state index contributed by atoms with van der Waals surface area (Å²) in [5, 5.41) is 19.9. The van der Waals surface area contributed by atoms with Crippen LogP contribution in [0.2, 0.25) is 0 Å². The molecule has 0 saturated carbocycles. The zero-order valence-corrected chi connectivity index (χ0v) is 15.0. The Morgan fingerprint density at radius 2 is 1.04 bits per heavy atom. The van der Waals surface area contributed by atoms with Gasteiger partial charge < -0.3 is 10.2 Å². The molecule has 0 amide bonds. The Hall–Kier alpha value is -1.71. The summed E-state index contributed by atoms with van der Waals surface area (Å²) in [6.07, 6.45) is -11.9. The lowest BCUT2D eigenvalue weighted by Gasteiger charge is -2.34. The van der Waals surface area contributed by atoms with Crippen molar-refractivity contribution in [2.45, 2.75) is 47.2 Å². The standard InChI is InChI=1S/C18H16F6O2S/c1-15(2,25)11-7-3-5-9-13(11)27-14-10-6-4-8-12(14)16(26,17(19,20)21)18(22,23)24/h3-10,25-26H,1-2H3. The second-order valence-electron chi connectivity index (χ2n) is 6.36. The lowest BCUT2D eigenvalue weighted by atomic mass is 9.92. The van der Waals surface area contributed by atoms with Crippen molar-refractivity contribution in [1.29, 1.82) is 0 Å². The summed E-state index contributed by atoms with van der Waals surface area (Å²) >= 11 is 0.607. The van der Waals surface area contributed by atoms with Gasteiger partial charge in [-0.15, -0.1) is 0 Å². The van der Waals surface area contributed by atoms with Crippen LogP contribution in [0.25, 0.3) is 0 Å². The van der Waals surface area contributed by atoms with Crippen molar-refractivity contribution in [3.05, 3.63) is 59.7 Å². The summed E-state index contributed by atoms with van der Waals surface area (Å²) < 4.78 is 79.5. The first kappa shape index (κ1) is 21.6. The molecule has 0 atom stereocenters. The minimum absolute atomic E-state index is 0.268. The van der Waals surface area contributed by atoms with Crippen LogP contribution in [-0.4, -0.2) is 22.6 Å². The van der Waals surface area contributed by atoms with Crippen molar-refractivity contribution in [1.82, 2.24) is 0 Å². The average molecular weight is 410 g/mol. The van der Waals surface area contributed by atoms with Gasteiger partial charge in [-0.3, -0.25) is 0 Å². The molecule has 0 saturated heterocycles. The van der Waals surface area contributed by atoms with Crippen LogP contribution in [0.15, 0.2) is 58.3 Å². The van der Waals surface area contributed by atoms with Crippen LogP contribution < -0.4 is 0 Å². The molecule has 2 nitrogen and oxygen atoms in total. The zero-order valence-electron chi connectivity index (χ0n) is 14.2. The maximum Gasteiger partial charge on any atom is 0.430 e. The molecule has 0 heterocycles. The van der Waals surface area contributed by atoms with E-state index >= 15 is 0 Å². The van der Waals surface area contributed by atoms with Crippen molar-refractivity contribution in [3.8, 4) is 0 Å². The van der Waals surface area contributed by atoms with Crippen molar-refractivity contribution >= 4 is 11.8 Å². The van der Waals surface area contributed by atoms with E-state index < -0.39 is 34.0 Å². The van der Waals surface area contributed by atoms with Gasteiger partial charge in [0, 0.05) is 15.4 Å². The molecule has 2 rings (SSSR count). The van der Waals surface area contributed by atoms with E-state index in [2.05, 4.69) is 0 Å². The van der Waals surface area contributed by atoms with Gasteiger partial charge in [0.1, 0.15) is 0 Å². The number of benzene rings is 2. The van der Waals surface area contributed by atoms with E-state index in [1.54, 1.807) is 12.1 Å². The molecular weight excluding hydrogens is 394 g/mol. The molecule has 27 heavy (non-hydrogen) atoms. The number of halogens is 6. The Kier molecular flexibility index (Phi) is 5.62. The molecule has 0 aliphatic heterocycles. The van der Waals surface area contributed by atoms with Gasteiger partial charge in [0.25, 0.3) is 5.60 Å². The van der Waals surface area contributed by atoms with E-state index in [1.165, 1.54) is 32.0 Å². The molecule has 0 fully saturated rings. The fourth-order valence-corrected chi connectivity index (χ4v) is 3.78. The summed E-state index contributed by atoms with van der Waals surface area (Å²) in [6.45, 7) is 2.89. The largest absolute Gasteiger partial charge is 0.430 e. The van der Waals surface area contributed by atoms with E-state index in [1.807, 2.05) is 0 Å². The highest BCUT2D eigenvalue weighted by molar-refractivity contribution is 7.99. The summed E-state index contributed by atoms with van der Waals surface area (Å²) in [6, 6.07) is 10.0. The number of hydrogen-bond donors (Lipinski definition) is 2. The Morgan fingerprint density at radius 3 is 1.44 bits per heavy atom. The molecule has 2 aromatic carbocycles. The summed E-state index contributed by atoms with van der Waals surface area (Å²) in [4.78, 5) is -0.157. The SMILES string of the molecule is CC(C)(O)c1ccccc1Sc1ccccc1C(O)(C(F)(F)F)C(F)(F)F. The number of aliphatic hydroxyl groups is 2. The minimum Gasteiger partial charge on any atom is -0.386 e. The van der Waals surface area contributed by atoms with Gasteiger partial charge in [-0.05, 0) is 31.5 Å². The van der Waals surface area contributed by atoms with Crippen LogP contribution >= 0.6 is 11.8 Å². The fraction of sp³-hybridized carbons (Fsp3) is 0.333. The molecule has 2 aromatic rings. The van der Waals surface area contributed by atoms with Gasteiger partial charge in [-0.25, -0.2) is 0 Å². The second kappa shape index (κ2) is 7.03.